The molecule has 4 aromatic carbocycles. The molecular weight excluding hydrogens is 414 g/mol. The molecule has 0 unspecified atom stereocenters. The zero-order valence-corrected chi connectivity index (χ0v) is 18.7. The lowest BCUT2D eigenvalue weighted by molar-refractivity contribution is 0.174. The van der Waals surface area contributed by atoms with Crippen molar-refractivity contribution in [1.29, 1.82) is 0 Å². The molecule has 170 valence electrons. The number of hydrogen-bond donors (Lipinski definition) is 2. The summed E-state index contributed by atoms with van der Waals surface area (Å²) in [5.41, 5.74) is 2.39. The predicted molar refractivity (Wildman–Crippen MR) is 131 cm³/mol. The number of aliphatic hydroxyl groups is 1. The van der Waals surface area contributed by atoms with Gasteiger partial charge in [0.15, 0.2) is 11.5 Å². The number of unbranched alkanes of at least 4 members (excludes halogenated alkanes) is 2. The third-order valence-corrected chi connectivity index (χ3v) is 6.08. The van der Waals surface area contributed by atoms with Gasteiger partial charge in [0.05, 0.1) is 0 Å². The molecular formula is C28H29NO4. The van der Waals surface area contributed by atoms with Gasteiger partial charge in [0.25, 0.3) is 0 Å². The van der Waals surface area contributed by atoms with Crippen LogP contribution in [0.25, 0.3) is 21.5 Å². The van der Waals surface area contributed by atoms with Gasteiger partial charge in [0.1, 0.15) is 12.4 Å². The van der Waals surface area contributed by atoms with E-state index in [1.807, 2.05) is 18.2 Å². The second-order valence-corrected chi connectivity index (χ2v) is 8.41. The Labute approximate surface area is 193 Å². The second kappa shape index (κ2) is 10.1. The number of benzene rings is 4. The molecule has 1 aliphatic rings. The highest BCUT2D eigenvalue weighted by Crippen LogP contribution is 2.40. The molecule has 5 heteroatoms. The van der Waals surface area contributed by atoms with E-state index in [2.05, 4.69) is 53.8 Å². The molecule has 0 radical (unpaired) electrons. The molecule has 0 fully saturated rings. The topological polar surface area (TPSA) is 60.0 Å². The average Bonchev–Trinajstić information content (AvgIpc) is 3.31. The third kappa shape index (κ3) is 4.90. The van der Waals surface area contributed by atoms with E-state index in [4.69, 9.17) is 19.3 Å². The molecule has 0 bridgehead atoms. The van der Waals surface area contributed by atoms with Gasteiger partial charge < -0.3 is 24.6 Å². The Morgan fingerprint density at radius 1 is 0.818 bits per heavy atom. The maximum atomic E-state index is 8.96. The quantitative estimate of drug-likeness (QED) is 0.248. The Bertz CT molecular complexity index is 1240. The number of fused-ring (bicyclic) bond motifs is 4. The minimum absolute atomic E-state index is 0.261. The van der Waals surface area contributed by atoms with E-state index in [0.717, 1.165) is 71.3 Å². The van der Waals surface area contributed by atoms with Crippen LogP contribution in [0.1, 0.15) is 30.4 Å². The van der Waals surface area contributed by atoms with Gasteiger partial charge in [0, 0.05) is 13.2 Å². The van der Waals surface area contributed by atoms with Gasteiger partial charge >= 0.3 is 0 Å². The summed E-state index contributed by atoms with van der Waals surface area (Å²) < 4.78 is 17.4. The van der Waals surface area contributed by atoms with Crippen molar-refractivity contribution >= 4 is 21.5 Å². The van der Waals surface area contributed by atoms with Crippen molar-refractivity contribution in [3.63, 3.8) is 0 Å². The highest BCUT2D eigenvalue weighted by atomic mass is 16.7. The van der Waals surface area contributed by atoms with Crippen LogP contribution in [0.3, 0.4) is 0 Å². The van der Waals surface area contributed by atoms with E-state index in [1.54, 1.807) is 0 Å². The molecule has 0 atom stereocenters. The van der Waals surface area contributed by atoms with Crippen molar-refractivity contribution in [1.82, 2.24) is 5.32 Å². The first-order chi connectivity index (χ1) is 16.3. The summed E-state index contributed by atoms with van der Waals surface area (Å²) in [7, 11) is 0. The summed E-state index contributed by atoms with van der Waals surface area (Å²) in [5, 5.41) is 17.1. The van der Waals surface area contributed by atoms with Crippen molar-refractivity contribution in [3.8, 4) is 17.2 Å². The van der Waals surface area contributed by atoms with Crippen molar-refractivity contribution < 1.29 is 19.3 Å². The third-order valence-electron chi connectivity index (χ3n) is 6.08. The maximum absolute atomic E-state index is 8.96. The fourth-order valence-corrected chi connectivity index (χ4v) is 4.34. The van der Waals surface area contributed by atoms with Crippen molar-refractivity contribution in [2.45, 2.75) is 32.4 Å². The number of aliphatic hydroxyl groups excluding tert-OH is 1. The zero-order chi connectivity index (χ0) is 22.5. The molecule has 0 saturated carbocycles. The molecule has 1 heterocycles. The predicted octanol–water partition coefficient (Wildman–Crippen LogP) is 5.55. The van der Waals surface area contributed by atoms with Crippen LogP contribution >= 0.6 is 0 Å². The minimum Gasteiger partial charge on any atom is -0.489 e. The van der Waals surface area contributed by atoms with Crippen molar-refractivity contribution in [2.24, 2.45) is 0 Å². The van der Waals surface area contributed by atoms with Gasteiger partial charge in [-0.05, 0) is 88.8 Å². The largest absolute Gasteiger partial charge is 0.489 e. The molecule has 4 aromatic rings. The molecule has 5 rings (SSSR count). The summed E-state index contributed by atoms with van der Waals surface area (Å²) in [6.07, 6.45) is 2.95. The molecule has 0 saturated heterocycles. The summed E-state index contributed by atoms with van der Waals surface area (Å²) in [6.45, 7) is 2.77. The molecule has 0 spiro atoms. The van der Waals surface area contributed by atoms with Gasteiger partial charge in [-0.2, -0.15) is 0 Å². The van der Waals surface area contributed by atoms with Gasteiger partial charge in [-0.1, -0.05) is 36.4 Å². The maximum Gasteiger partial charge on any atom is 0.231 e. The number of hydrogen-bond acceptors (Lipinski definition) is 5. The Hall–Kier alpha value is -3.28. The second-order valence-electron chi connectivity index (χ2n) is 8.41. The van der Waals surface area contributed by atoms with E-state index in [9.17, 15) is 0 Å². The van der Waals surface area contributed by atoms with E-state index >= 15 is 0 Å². The Kier molecular flexibility index (Phi) is 6.61. The first kappa shape index (κ1) is 21.6. The van der Waals surface area contributed by atoms with E-state index in [-0.39, 0.29) is 13.4 Å². The highest BCUT2D eigenvalue weighted by molar-refractivity contribution is 6.10. The van der Waals surface area contributed by atoms with Crippen LogP contribution in [0.4, 0.5) is 0 Å². The summed E-state index contributed by atoms with van der Waals surface area (Å²) in [4.78, 5) is 0. The fourth-order valence-electron chi connectivity index (χ4n) is 4.34. The van der Waals surface area contributed by atoms with E-state index in [1.165, 1.54) is 10.9 Å². The standard InChI is InChI=1S/C28H29NO4/c30-12-6-2-5-11-29-17-22-13-21-14-27-28(33-19-32-27)16-25(21)26-15-23(9-10-24(22)26)31-18-20-7-3-1-4-8-20/h1,3-4,7-10,13-16,29-30H,2,5-6,11-12,17-19H2. The lowest BCUT2D eigenvalue weighted by Crippen LogP contribution is -2.15. The highest BCUT2D eigenvalue weighted by Gasteiger charge is 2.17. The lowest BCUT2D eigenvalue weighted by atomic mass is 9.96. The zero-order valence-electron chi connectivity index (χ0n) is 18.7. The Morgan fingerprint density at radius 2 is 1.67 bits per heavy atom. The first-order valence-corrected chi connectivity index (χ1v) is 11.6. The van der Waals surface area contributed by atoms with Crippen LogP contribution in [-0.2, 0) is 13.2 Å². The lowest BCUT2D eigenvalue weighted by Gasteiger charge is -2.14. The van der Waals surface area contributed by atoms with Crippen molar-refractivity contribution in [3.05, 3.63) is 77.9 Å². The molecule has 0 aromatic heterocycles. The van der Waals surface area contributed by atoms with Crippen LogP contribution in [0.5, 0.6) is 17.2 Å². The van der Waals surface area contributed by atoms with Crippen LogP contribution in [0, 0.1) is 0 Å². The molecule has 2 N–H and O–H groups in total. The van der Waals surface area contributed by atoms with Crippen LogP contribution in [0.15, 0.2) is 66.7 Å². The van der Waals surface area contributed by atoms with Gasteiger partial charge in [-0.15, -0.1) is 0 Å². The number of nitrogens with one attached hydrogen (secondary N) is 1. The SMILES string of the molecule is OCCCCCNCc1cc2cc3c(cc2c2cc(OCc4ccccc4)ccc12)OCO3. The number of ether oxygens (including phenoxy) is 3. The van der Waals surface area contributed by atoms with Crippen LogP contribution < -0.4 is 19.5 Å². The molecule has 33 heavy (non-hydrogen) atoms. The average molecular weight is 444 g/mol. The van der Waals surface area contributed by atoms with E-state index in [0.29, 0.717) is 6.61 Å². The molecule has 0 aliphatic carbocycles. The molecule has 1 aliphatic heterocycles. The smallest absolute Gasteiger partial charge is 0.231 e. The van der Waals surface area contributed by atoms with Gasteiger partial charge in [-0.25, -0.2) is 0 Å². The minimum atomic E-state index is 0.261. The van der Waals surface area contributed by atoms with Crippen LogP contribution in [0.2, 0.25) is 0 Å². The fraction of sp³-hybridized carbons (Fsp3) is 0.286. The molecule has 0 amide bonds. The first-order valence-electron chi connectivity index (χ1n) is 11.6. The summed E-state index contributed by atoms with van der Waals surface area (Å²) in [6, 6.07) is 22.9. The monoisotopic (exact) mass is 443 g/mol. The Balaban J connectivity index is 1.46. The number of rotatable bonds is 10. The summed E-state index contributed by atoms with van der Waals surface area (Å²) in [5.74, 6) is 2.43. The van der Waals surface area contributed by atoms with Gasteiger partial charge in [0.2, 0.25) is 6.79 Å². The van der Waals surface area contributed by atoms with E-state index < -0.39 is 0 Å². The summed E-state index contributed by atoms with van der Waals surface area (Å²) >= 11 is 0. The molecule has 5 nitrogen and oxygen atoms in total. The Morgan fingerprint density at radius 3 is 2.52 bits per heavy atom. The van der Waals surface area contributed by atoms with Crippen LogP contribution in [-0.4, -0.2) is 25.1 Å². The van der Waals surface area contributed by atoms with Crippen molar-refractivity contribution in [2.75, 3.05) is 19.9 Å². The normalized spacial score (nSPS) is 12.5. The van der Waals surface area contributed by atoms with Gasteiger partial charge in [-0.3, -0.25) is 0 Å².